The molecule has 1 aliphatic rings. The quantitative estimate of drug-likeness (QED) is 0.697. The van der Waals surface area contributed by atoms with E-state index in [0.29, 0.717) is 0 Å². The van der Waals surface area contributed by atoms with E-state index in [4.69, 9.17) is 5.73 Å². The summed E-state index contributed by atoms with van der Waals surface area (Å²) < 4.78 is 1.41. The van der Waals surface area contributed by atoms with Gasteiger partial charge in [-0.05, 0) is 18.9 Å². The van der Waals surface area contributed by atoms with Gasteiger partial charge in [-0.25, -0.2) is 0 Å². The molecular formula is C10H12N2O3. The number of aliphatic hydroxyl groups excluding tert-OH is 1. The summed E-state index contributed by atoms with van der Waals surface area (Å²) in [5.41, 5.74) is 4.69. The van der Waals surface area contributed by atoms with Gasteiger partial charge in [0, 0.05) is 12.3 Å². The molecule has 0 aliphatic heterocycles. The highest BCUT2D eigenvalue weighted by molar-refractivity contribution is 5.92. The van der Waals surface area contributed by atoms with Crippen LogP contribution in [0.4, 0.5) is 0 Å². The van der Waals surface area contributed by atoms with Gasteiger partial charge in [0.15, 0.2) is 0 Å². The van der Waals surface area contributed by atoms with Gasteiger partial charge in [0.25, 0.3) is 5.56 Å². The summed E-state index contributed by atoms with van der Waals surface area (Å²) in [6, 6.07) is 2.70. The van der Waals surface area contributed by atoms with E-state index in [2.05, 4.69) is 0 Å². The van der Waals surface area contributed by atoms with Gasteiger partial charge in [0.1, 0.15) is 0 Å². The first-order chi connectivity index (χ1) is 7.09. The molecule has 80 valence electrons. The molecule has 0 spiro atoms. The predicted molar refractivity (Wildman–Crippen MR) is 53.5 cm³/mol. The minimum absolute atomic E-state index is 0.0882. The molecule has 0 bridgehead atoms. The second-order valence-electron chi connectivity index (χ2n) is 3.87. The summed E-state index contributed by atoms with van der Waals surface area (Å²) in [6.07, 6.45) is 2.94. The molecule has 15 heavy (non-hydrogen) atoms. The Hall–Kier alpha value is -1.62. The van der Waals surface area contributed by atoms with Crippen LogP contribution in [0, 0.1) is 0 Å². The second-order valence-corrected chi connectivity index (χ2v) is 3.87. The molecule has 5 heteroatoms. The number of pyridine rings is 1. The fraction of sp³-hybridized carbons (Fsp3) is 0.400. The van der Waals surface area contributed by atoms with Crippen molar-refractivity contribution in [1.29, 1.82) is 0 Å². The van der Waals surface area contributed by atoms with Crippen molar-refractivity contribution in [2.75, 3.05) is 6.61 Å². The van der Waals surface area contributed by atoms with E-state index in [1.54, 1.807) is 0 Å². The number of carbonyl (C=O) groups is 1. The Bertz CT molecular complexity index is 460. The van der Waals surface area contributed by atoms with E-state index in [-0.39, 0.29) is 17.7 Å². The van der Waals surface area contributed by atoms with Crippen LogP contribution < -0.4 is 11.3 Å². The summed E-state index contributed by atoms with van der Waals surface area (Å²) in [6.45, 7) is -0.0882. The van der Waals surface area contributed by atoms with Gasteiger partial charge >= 0.3 is 0 Å². The Labute approximate surface area is 86.1 Å². The molecule has 1 fully saturated rings. The number of nitrogens with two attached hydrogens (primary N) is 1. The van der Waals surface area contributed by atoms with E-state index < -0.39 is 11.4 Å². The van der Waals surface area contributed by atoms with Gasteiger partial charge in [0.05, 0.1) is 17.7 Å². The maximum absolute atomic E-state index is 11.5. The van der Waals surface area contributed by atoms with E-state index in [9.17, 15) is 14.7 Å². The van der Waals surface area contributed by atoms with Crippen LogP contribution in [0.15, 0.2) is 23.1 Å². The van der Waals surface area contributed by atoms with Crippen molar-refractivity contribution in [3.05, 3.63) is 34.2 Å². The maximum Gasteiger partial charge on any atom is 0.251 e. The van der Waals surface area contributed by atoms with Crippen molar-refractivity contribution in [3.63, 3.8) is 0 Å². The molecule has 0 radical (unpaired) electrons. The van der Waals surface area contributed by atoms with Gasteiger partial charge in [-0.15, -0.1) is 0 Å². The fourth-order valence-corrected chi connectivity index (χ4v) is 1.62. The summed E-state index contributed by atoms with van der Waals surface area (Å²) in [7, 11) is 0. The monoisotopic (exact) mass is 208 g/mol. The van der Waals surface area contributed by atoms with Gasteiger partial charge in [-0.2, -0.15) is 0 Å². The first kappa shape index (κ1) is 9.92. The third kappa shape index (κ3) is 1.55. The zero-order valence-corrected chi connectivity index (χ0v) is 8.14. The van der Waals surface area contributed by atoms with E-state index in [1.165, 1.54) is 22.9 Å². The van der Waals surface area contributed by atoms with Crippen LogP contribution in [0.3, 0.4) is 0 Å². The average Bonchev–Trinajstić information content (AvgIpc) is 2.99. The van der Waals surface area contributed by atoms with Crippen molar-refractivity contribution in [2.24, 2.45) is 5.73 Å². The summed E-state index contributed by atoms with van der Waals surface area (Å²) in [5.74, 6) is -0.572. The number of amides is 1. The van der Waals surface area contributed by atoms with Gasteiger partial charge < -0.3 is 15.4 Å². The topological polar surface area (TPSA) is 85.3 Å². The highest BCUT2D eigenvalue weighted by Crippen LogP contribution is 2.41. The van der Waals surface area contributed by atoms with Crippen LogP contribution in [0.25, 0.3) is 0 Å². The van der Waals surface area contributed by atoms with Crippen molar-refractivity contribution in [1.82, 2.24) is 4.57 Å². The Morgan fingerprint density at radius 1 is 1.53 bits per heavy atom. The maximum atomic E-state index is 11.5. The number of aromatic nitrogens is 1. The SMILES string of the molecule is NC(=O)c1ccc(=O)n(C2(CO)CC2)c1. The van der Waals surface area contributed by atoms with Crippen LogP contribution in [0.2, 0.25) is 0 Å². The van der Waals surface area contributed by atoms with Gasteiger partial charge in [0.2, 0.25) is 5.91 Å². The fourth-order valence-electron chi connectivity index (χ4n) is 1.62. The Kier molecular flexibility index (Phi) is 2.12. The molecular weight excluding hydrogens is 196 g/mol. The number of aliphatic hydroxyl groups is 1. The lowest BCUT2D eigenvalue weighted by atomic mass is 10.2. The van der Waals surface area contributed by atoms with Crippen molar-refractivity contribution < 1.29 is 9.90 Å². The van der Waals surface area contributed by atoms with Gasteiger partial charge in [-0.1, -0.05) is 0 Å². The molecule has 1 saturated carbocycles. The molecule has 0 atom stereocenters. The minimum atomic E-state index is -0.572. The molecule has 1 heterocycles. The van der Waals surface area contributed by atoms with Crippen LogP contribution >= 0.6 is 0 Å². The molecule has 2 rings (SSSR count). The molecule has 0 unspecified atom stereocenters. The number of hydrogen-bond donors (Lipinski definition) is 2. The number of nitrogens with zero attached hydrogens (tertiary/aromatic N) is 1. The lowest BCUT2D eigenvalue weighted by Crippen LogP contribution is -2.33. The van der Waals surface area contributed by atoms with Crippen LogP contribution in [0.5, 0.6) is 0 Å². The van der Waals surface area contributed by atoms with Crippen LogP contribution in [-0.2, 0) is 5.54 Å². The van der Waals surface area contributed by atoms with Crippen LogP contribution in [0.1, 0.15) is 23.2 Å². The molecule has 0 saturated heterocycles. The molecule has 1 aromatic rings. The third-order valence-electron chi connectivity index (χ3n) is 2.83. The summed E-state index contributed by atoms with van der Waals surface area (Å²) in [4.78, 5) is 22.5. The molecule has 1 aliphatic carbocycles. The Balaban J connectivity index is 2.51. The third-order valence-corrected chi connectivity index (χ3v) is 2.83. The highest BCUT2D eigenvalue weighted by Gasteiger charge is 2.44. The van der Waals surface area contributed by atoms with Crippen molar-refractivity contribution in [3.8, 4) is 0 Å². The lowest BCUT2D eigenvalue weighted by molar-refractivity contribution is 0.0998. The smallest absolute Gasteiger partial charge is 0.251 e. The number of carbonyl (C=O) groups excluding carboxylic acids is 1. The van der Waals surface area contributed by atoms with Crippen LogP contribution in [-0.4, -0.2) is 22.2 Å². The first-order valence-corrected chi connectivity index (χ1v) is 4.73. The van der Waals surface area contributed by atoms with E-state index in [0.717, 1.165) is 12.8 Å². The standard InChI is InChI=1S/C10H12N2O3/c11-9(15)7-1-2-8(14)12(5-7)10(6-13)3-4-10/h1-2,5,13H,3-4,6H2,(H2,11,15). The zero-order chi connectivity index (χ0) is 11.1. The van der Waals surface area contributed by atoms with E-state index >= 15 is 0 Å². The van der Waals surface area contributed by atoms with Crippen molar-refractivity contribution in [2.45, 2.75) is 18.4 Å². The predicted octanol–water partition coefficient (Wildman–Crippen LogP) is -0.571. The molecule has 0 aromatic carbocycles. The average molecular weight is 208 g/mol. The number of primary amides is 1. The minimum Gasteiger partial charge on any atom is -0.394 e. The Morgan fingerprint density at radius 3 is 2.67 bits per heavy atom. The second kappa shape index (κ2) is 3.20. The molecule has 5 nitrogen and oxygen atoms in total. The normalized spacial score (nSPS) is 17.4. The van der Waals surface area contributed by atoms with Crippen molar-refractivity contribution >= 4 is 5.91 Å². The lowest BCUT2D eigenvalue weighted by Gasteiger charge is -2.15. The largest absolute Gasteiger partial charge is 0.394 e. The van der Waals surface area contributed by atoms with E-state index in [1.807, 2.05) is 0 Å². The number of hydrogen-bond acceptors (Lipinski definition) is 3. The summed E-state index contributed by atoms with van der Waals surface area (Å²) >= 11 is 0. The first-order valence-electron chi connectivity index (χ1n) is 4.73. The highest BCUT2D eigenvalue weighted by atomic mass is 16.3. The Morgan fingerprint density at radius 2 is 2.20 bits per heavy atom. The number of rotatable bonds is 3. The zero-order valence-electron chi connectivity index (χ0n) is 8.14. The molecule has 3 N–H and O–H groups in total. The summed E-state index contributed by atoms with van der Waals surface area (Å²) in [5, 5.41) is 9.19. The molecule has 1 amide bonds. The molecule has 1 aromatic heterocycles. The van der Waals surface area contributed by atoms with Gasteiger partial charge in [-0.3, -0.25) is 9.59 Å².